The minimum absolute atomic E-state index is 0.610. The maximum atomic E-state index is 8.55. The summed E-state index contributed by atoms with van der Waals surface area (Å²) >= 11 is 0. The van der Waals surface area contributed by atoms with Crippen molar-refractivity contribution in [3.8, 4) is 0 Å². The van der Waals surface area contributed by atoms with Gasteiger partial charge in [-0.05, 0) is 42.3 Å². The van der Waals surface area contributed by atoms with Crippen molar-refractivity contribution in [2.75, 3.05) is 5.73 Å². The molecule has 0 saturated heterocycles. The predicted molar refractivity (Wildman–Crippen MR) is 91.5 cm³/mol. The maximum absolute atomic E-state index is 8.55. The minimum Gasteiger partial charge on any atom is -0.399 e. The molecule has 3 heteroatoms. The molecule has 3 nitrogen and oxygen atoms in total. The molecule has 0 aliphatic rings. The fraction of sp³-hybridized carbons (Fsp3) is 0.158. The van der Waals surface area contributed by atoms with Gasteiger partial charge in [0.25, 0.3) is 0 Å². The first-order valence-corrected chi connectivity index (χ1v) is 7.15. The van der Waals surface area contributed by atoms with Crippen molar-refractivity contribution in [1.29, 1.82) is 0 Å². The maximum Gasteiger partial charge on any atom is 0.123 e. The van der Waals surface area contributed by atoms with Crippen molar-refractivity contribution in [3.05, 3.63) is 78.4 Å². The lowest BCUT2D eigenvalue weighted by Crippen LogP contribution is -2.19. The third-order valence-corrected chi connectivity index (χ3v) is 3.47. The van der Waals surface area contributed by atoms with Crippen molar-refractivity contribution in [3.63, 3.8) is 0 Å². The van der Waals surface area contributed by atoms with Crippen LogP contribution in [0.15, 0.2) is 72.8 Å². The Morgan fingerprint density at radius 3 is 2.05 bits per heavy atom. The zero-order valence-corrected chi connectivity index (χ0v) is 12.9. The molecule has 3 aromatic rings. The molecule has 0 radical (unpaired) electrons. The lowest BCUT2D eigenvalue weighted by atomic mass is 9.99. The average molecular weight is 295 g/mol. The highest BCUT2D eigenvalue weighted by Gasteiger charge is 2.20. The van der Waals surface area contributed by atoms with E-state index in [9.17, 15) is 0 Å². The molecule has 0 aliphatic carbocycles. The Hall–Kier alpha value is -2.36. The Bertz CT molecular complexity index is 724. The van der Waals surface area contributed by atoms with Crippen LogP contribution < -0.4 is 5.73 Å². The molecule has 114 valence electrons. The zero-order valence-electron chi connectivity index (χ0n) is 12.9. The van der Waals surface area contributed by atoms with Crippen LogP contribution in [-0.4, -0.2) is 5.26 Å². The zero-order chi connectivity index (χ0) is 16.0. The third-order valence-electron chi connectivity index (χ3n) is 3.47. The van der Waals surface area contributed by atoms with Gasteiger partial charge >= 0.3 is 0 Å². The fourth-order valence-electron chi connectivity index (χ4n) is 2.10. The molecule has 3 aromatic carbocycles. The highest BCUT2D eigenvalue weighted by Crippen LogP contribution is 2.22. The summed E-state index contributed by atoms with van der Waals surface area (Å²) in [6.45, 7) is 3.62. The Morgan fingerprint density at radius 1 is 0.818 bits per heavy atom. The summed E-state index contributed by atoms with van der Waals surface area (Å²) in [5.74, 6) is 0. The number of hydrogen-bond acceptors (Lipinski definition) is 3. The normalized spacial score (nSPS) is 10.9. The van der Waals surface area contributed by atoms with Crippen molar-refractivity contribution >= 4 is 16.5 Å². The van der Waals surface area contributed by atoms with E-state index >= 15 is 0 Å². The molecule has 3 rings (SSSR count). The van der Waals surface area contributed by atoms with E-state index in [2.05, 4.69) is 17.0 Å². The van der Waals surface area contributed by atoms with Crippen LogP contribution in [-0.2, 0) is 10.5 Å². The fourth-order valence-corrected chi connectivity index (χ4v) is 2.10. The van der Waals surface area contributed by atoms with Gasteiger partial charge in [-0.1, -0.05) is 60.7 Å². The van der Waals surface area contributed by atoms with Gasteiger partial charge in [0.2, 0.25) is 0 Å². The summed E-state index contributed by atoms with van der Waals surface area (Å²) in [6, 6.07) is 23.7. The van der Waals surface area contributed by atoms with E-state index in [-0.39, 0.29) is 0 Å². The lowest BCUT2D eigenvalue weighted by Gasteiger charge is -2.20. The highest BCUT2D eigenvalue weighted by atomic mass is 17.1. The summed E-state index contributed by atoms with van der Waals surface area (Å²) < 4.78 is 0. The molecular formula is C19H21NO2. The van der Waals surface area contributed by atoms with Gasteiger partial charge in [0.15, 0.2) is 0 Å². The molecule has 0 aromatic heterocycles. The molecule has 0 saturated carbocycles. The van der Waals surface area contributed by atoms with Crippen LogP contribution in [0.3, 0.4) is 0 Å². The number of fused-ring (bicyclic) bond motifs is 1. The second kappa shape index (κ2) is 7.07. The Kier molecular flexibility index (Phi) is 5.15. The van der Waals surface area contributed by atoms with Gasteiger partial charge in [0, 0.05) is 5.69 Å². The third kappa shape index (κ3) is 4.07. The van der Waals surface area contributed by atoms with Crippen molar-refractivity contribution in [2.45, 2.75) is 19.4 Å². The van der Waals surface area contributed by atoms with Crippen LogP contribution in [0.1, 0.15) is 19.4 Å². The van der Waals surface area contributed by atoms with Gasteiger partial charge in [-0.2, -0.15) is 0 Å². The molecular weight excluding hydrogens is 274 g/mol. The number of nitrogen functional groups attached to an aromatic ring is 1. The van der Waals surface area contributed by atoms with E-state index in [1.807, 2.05) is 74.5 Å². The summed E-state index contributed by atoms with van der Waals surface area (Å²) in [5.41, 5.74) is 6.80. The molecule has 0 heterocycles. The summed E-state index contributed by atoms with van der Waals surface area (Å²) in [4.78, 5) is 4.32. The van der Waals surface area contributed by atoms with Crippen molar-refractivity contribution in [1.82, 2.24) is 0 Å². The molecule has 0 amide bonds. The van der Waals surface area contributed by atoms with Crippen molar-refractivity contribution in [2.24, 2.45) is 0 Å². The molecule has 22 heavy (non-hydrogen) atoms. The van der Waals surface area contributed by atoms with Crippen LogP contribution in [0.2, 0.25) is 0 Å². The summed E-state index contributed by atoms with van der Waals surface area (Å²) in [6.07, 6.45) is 0. The monoisotopic (exact) mass is 295 g/mol. The second-order valence-electron chi connectivity index (χ2n) is 5.57. The first kappa shape index (κ1) is 16.0. The van der Waals surface area contributed by atoms with Gasteiger partial charge < -0.3 is 5.73 Å². The first-order valence-electron chi connectivity index (χ1n) is 7.15. The van der Waals surface area contributed by atoms with E-state index in [1.165, 1.54) is 10.8 Å². The summed E-state index contributed by atoms with van der Waals surface area (Å²) in [7, 11) is 0. The largest absolute Gasteiger partial charge is 0.399 e. The Balaban J connectivity index is 0.000000160. The Labute approximate surface area is 130 Å². The van der Waals surface area contributed by atoms with Gasteiger partial charge in [0.1, 0.15) is 5.60 Å². The number of anilines is 1. The number of benzene rings is 3. The predicted octanol–water partition coefficient (Wildman–Crippen LogP) is 4.83. The summed E-state index contributed by atoms with van der Waals surface area (Å²) in [5, 5.41) is 11.0. The first-order chi connectivity index (χ1) is 10.5. The van der Waals surface area contributed by atoms with Crippen LogP contribution >= 0.6 is 0 Å². The SMILES string of the molecule is CC(C)(OO)c1ccccc1.Nc1ccc2ccccc2c1. The van der Waals surface area contributed by atoms with Gasteiger partial charge in [-0.3, -0.25) is 5.26 Å². The highest BCUT2D eigenvalue weighted by molar-refractivity contribution is 5.85. The second-order valence-corrected chi connectivity index (χ2v) is 5.57. The number of hydrogen-bond donors (Lipinski definition) is 2. The van der Waals surface area contributed by atoms with E-state index in [0.717, 1.165) is 11.3 Å². The molecule has 0 atom stereocenters. The molecule has 0 fully saturated rings. The average Bonchev–Trinajstić information content (AvgIpc) is 2.56. The molecule has 3 N–H and O–H groups in total. The van der Waals surface area contributed by atoms with E-state index < -0.39 is 5.60 Å². The van der Waals surface area contributed by atoms with Gasteiger partial charge in [0.05, 0.1) is 0 Å². The number of nitrogens with two attached hydrogens (primary N) is 1. The minimum atomic E-state index is -0.610. The van der Waals surface area contributed by atoms with E-state index in [1.54, 1.807) is 0 Å². The molecule has 0 unspecified atom stereocenters. The number of rotatable bonds is 2. The standard InChI is InChI=1S/C10H9N.C9H12O2/c11-10-6-5-8-3-1-2-4-9(8)7-10;1-9(2,11-10)8-6-4-3-5-7-8/h1-7H,11H2;3-7,10H,1-2H3. The van der Waals surface area contributed by atoms with Crippen LogP contribution in [0.4, 0.5) is 5.69 Å². The lowest BCUT2D eigenvalue weighted by molar-refractivity contribution is -0.318. The molecule has 0 bridgehead atoms. The van der Waals surface area contributed by atoms with E-state index in [4.69, 9.17) is 11.0 Å². The van der Waals surface area contributed by atoms with Crippen LogP contribution in [0, 0.1) is 0 Å². The smallest absolute Gasteiger partial charge is 0.123 e. The van der Waals surface area contributed by atoms with Gasteiger partial charge in [-0.15, -0.1) is 0 Å². The topological polar surface area (TPSA) is 55.5 Å². The molecule has 0 spiro atoms. The Morgan fingerprint density at radius 2 is 1.41 bits per heavy atom. The van der Waals surface area contributed by atoms with Crippen LogP contribution in [0.5, 0.6) is 0 Å². The molecule has 0 aliphatic heterocycles. The quantitative estimate of drug-likeness (QED) is 0.404. The van der Waals surface area contributed by atoms with E-state index in [0.29, 0.717) is 0 Å². The van der Waals surface area contributed by atoms with Crippen LogP contribution in [0.25, 0.3) is 10.8 Å². The van der Waals surface area contributed by atoms with Crippen molar-refractivity contribution < 1.29 is 10.1 Å². The van der Waals surface area contributed by atoms with Gasteiger partial charge in [-0.25, -0.2) is 4.89 Å².